The molecule has 3 heterocycles. The Morgan fingerprint density at radius 2 is 1.67 bits per heavy atom. The molecule has 10 heteroatoms. The van der Waals surface area contributed by atoms with E-state index in [2.05, 4.69) is 80.5 Å². The molecule has 1 saturated carbocycles. The van der Waals surface area contributed by atoms with Crippen molar-refractivity contribution in [2.24, 2.45) is 11.8 Å². The normalized spacial score (nSPS) is 24.0. The molecule has 2 unspecified atom stereocenters. The van der Waals surface area contributed by atoms with Gasteiger partial charge < -0.3 is 29.2 Å². The predicted octanol–water partition coefficient (Wildman–Crippen LogP) is 7.78. The standard InChI is InChI=1S/C44H53BN4O5/c1-24(2)39(48-42(51)52-7)41(50)49-21-9-12-37(49)40-46-35-20-14-26(23-36(35)47-40)27-16-17-32(38-28-15-13-25(28)22-33(27)38)30-18-19-34(31-11-8-10-29(30)31)45-53-43(3,4)44(5,6)54-45/h14,16-20,23-25,28,37,39H,8-13,15,21-22H2,1-7H3,(H,46,47)(H,48,51)/t25?,28?,37-,39-/m0/s1. The number of aromatic amines is 1. The number of benzene rings is 3. The number of aromatic nitrogens is 2. The SMILES string of the molecule is COC(=O)N[C@H](C(=O)N1CCC[C@H]1c1nc2ccc(-c3ccc(-c4ccc(B5OC(C)(C)C(C)(C)O5)c5c4CCC5)c4c3CC3CCC43)cc2[nH]1)C(C)C. The Morgan fingerprint density at radius 3 is 2.39 bits per heavy atom. The molecule has 1 aromatic heterocycles. The van der Waals surface area contributed by atoms with E-state index < -0.39 is 12.1 Å². The number of rotatable bonds is 7. The zero-order chi connectivity index (χ0) is 37.7. The topological polar surface area (TPSA) is 106 Å². The molecule has 2 aliphatic heterocycles. The Morgan fingerprint density at radius 1 is 0.926 bits per heavy atom. The second kappa shape index (κ2) is 13.0. The molecule has 4 atom stereocenters. The van der Waals surface area contributed by atoms with Crippen molar-refractivity contribution in [3.63, 3.8) is 0 Å². The van der Waals surface area contributed by atoms with E-state index in [4.69, 9.17) is 19.0 Å². The van der Waals surface area contributed by atoms with E-state index >= 15 is 0 Å². The van der Waals surface area contributed by atoms with Gasteiger partial charge in [-0.2, -0.15) is 0 Å². The second-order valence-electron chi connectivity index (χ2n) is 17.7. The van der Waals surface area contributed by atoms with Gasteiger partial charge >= 0.3 is 13.2 Å². The van der Waals surface area contributed by atoms with Crippen molar-refractivity contribution in [3.05, 3.63) is 70.5 Å². The van der Waals surface area contributed by atoms with Gasteiger partial charge in [-0.15, -0.1) is 0 Å². The summed E-state index contributed by atoms with van der Waals surface area (Å²) in [5.74, 6) is 1.95. The lowest BCUT2D eigenvalue weighted by Crippen LogP contribution is -2.51. The predicted molar refractivity (Wildman–Crippen MR) is 212 cm³/mol. The van der Waals surface area contributed by atoms with Crippen LogP contribution in [0, 0.1) is 11.8 Å². The van der Waals surface area contributed by atoms with Gasteiger partial charge in [0.15, 0.2) is 0 Å². The number of hydrogen-bond acceptors (Lipinski definition) is 6. The summed E-state index contributed by atoms with van der Waals surface area (Å²) in [5.41, 5.74) is 13.6. The van der Waals surface area contributed by atoms with Gasteiger partial charge in [0.2, 0.25) is 5.91 Å². The van der Waals surface area contributed by atoms with Crippen LogP contribution in [-0.2, 0) is 38.1 Å². The number of methoxy groups -OCH3 is 1. The summed E-state index contributed by atoms with van der Waals surface area (Å²) in [6, 6.07) is 15.1. The number of H-pyrrole nitrogens is 1. The molecule has 0 bridgehead atoms. The van der Waals surface area contributed by atoms with Gasteiger partial charge in [-0.05, 0) is 159 Å². The molecular weight excluding hydrogens is 675 g/mol. The minimum Gasteiger partial charge on any atom is -0.453 e. The Hall–Kier alpha value is -4.15. The summed E-state index contributed by atoms with van der Waals surface area (Å²) in [5, 5.41) is 2.75. The molecule has 3 fully saturated rings. The number of nitrogens with one attached hydrogen (secondary N) is 2. The van der Waals surface area contributed by atoms with E-state index in [-0.39, 0.29) is 36.2 Å². The van der Waals surface area contributed by atoms with Crippen LogP contribution in [0.2, 0.25) is 0 Å². The van der Waals surface area contributed by atoms with Gasteiger partial charge in [-0.3, -0.25) is 4.79 Å². The van der Waals surface area contributed by atoms with E-state index in [1.807, 2.05) is 18.7 Å². The van der Waals surface area contributed by atoms with E-state index in [0.29, 0.717) is 18.4 Å². The number of fused-ring (bicyclic) bond motifs is 5. The van der Waals surface area contributed by atoms with Crippen LogP contribution in [0.25, 0.3) is 33.3 Å². The third-order valence-electron chi connectivity index (χ3n) is 13.8. The van der Waals surface area contributed by atoms with Gasteiger partial charge in [0, 0.05) is 6.54 Å². The van der Waals surface area contributed by atoms with Crippen LogP contribution in [0.3, 0.4) is 0 Å². The molecule has 0 spiro atoms. The Labute approximate surface area is 319 Å². The molecule has 3 aliphatic carbocycles. The molecule has 2 amide bonds. The first kappa shape index (κ1) is 35.6. The number of ether oxygens (including phenoxy) is 1. The van der Waals surface area contributed by atoms with Gasteiger partial charge in [-0.25, -0.2) is 9.78 Å². The van der Waals surface area contributed by atoms with Crippen molar-refractivity contribution in [2.45, 2.75) is 122 Å². The van der Waals surface area contributed by atoms with Crippen molar-refractivity contribution in [1.82, 2.24) is 20.2 Å². The summed E-state index contributed by atoms with van der Waals surface area (Å²) in [6.07, 6.45) is 8.10. The second-order valence-corrected chi connectivity index (χ2v) is 17.7. The van der Waals surface area contributed by atoms with Crippen LogP contribution in [0.15, 0.2) is 42.5 Å². The van der Waals surface area contributed by atoms with Crippen molar-refractivity contribution < 1.29 is 23.6 Å². The van der Waals surface area contributed by atoms with E-state index in [1.165, 1.54) is 64.4 Å². The lowest BCUT2D eigenvalue weighted by molar-refractivity contribution is -0.135. The molecule has 9 rings (SSSR count). The zero-order valence-corrected chi connectivity index (χ0v) is 32.8. The summed E-state index contributed by atoms with van der Waals surface area (Å²) in [7, 11) is 0.981. The summed E-state index contributed by atoms with van der Waals surface area (Å²) in [4.78, 5) is 36.3. The summed E-state index contributed by atoms with van der Waals surface area (Å²) < 4.78 is 17.9. The van der Waals surface area contributed by atoms with Crippen molar-refractivity contribution in [2.75, 3.05) is 13.7 Å². The molecule has 54 heavy (non-hydrogen) atoms. The summed E-state index contributed by atoms with van der Waals surface area (Å²) in [6.45, 7) is 13.0. The van der Waals surface area contributed by atoms with E-state index in [1.54, 1.807) is 5.56 Å². The molecular formula is C44H53BN4O5. The molecule has 0 radical (unpaired) electrons. The number of carbonyl (C=O) groups is 2. The number of alkyl carbamates (subject to hydrolysis) is 1. The van der Waals surface area contributed by atoms with Crippen molar-refractivity contribution in [1.29, 1.82) is 0 Å². The number of hydrogen-bond donors (Lipinski definition) is 2. The zero-order valence-electron chi connectivity index (χ0n) is 32.8. The molecule has 3 aromatic carbocycles. The number of nitrogens with zero attached hydrogens (tertiary/aromatic N) is 2. The highest BCUT2D eigenvalue weighted by molar-refractivity contribution is 6.62. The molecule has 9 nitrogen and oxygen atoms in total. The minimum atomic E-state index is -0.663. The summed E-state index contributed by atoms with van der Waals surface area (Å²) >= 11 is 0. The maximum atomic E-state index is 13.8. The molecule has 2 saturated heterocycles. The van der Waals surface area contributed by atoms with Gasteiger partial charge in [-0.1, -0.05) is 44.2 Å². The quantitative estimate of drug-likeness (QED) is 0.189. The first-order valence-corrected chi connectivity index (χ1v) is 20.2. The molecule has 282 valence electrons. The third kappa shape index (κ3) is 5.61. The van der Waals surface area contributed by atoms with E-state index in [0.717, 1.165) is 55.4 Å². The fraction of sp³-hybridized carbons (Fsp3) is 0.523. The highest BCUT2D eigenvalue weighted by Crippen LogP contribution is 2.56. The van der Waals surface area contributed by atoms with Crippen LogP contribution in [0.5, 0.6) is 0 Å². The smallest absolute Gasteiger partial charge is 0.453 e. The fourth-order valence-corrected chi connectivity index (χ4v) is 9.99. The third-order valence-corrected chi connectivity index (χ3v) is 13.8. The van der Waals surface area contributed by atoms with Crippen molar-refractivity contribution in [3.8, 4) is 22.3 Å². The maximum Gasteiger partial charge on any atom is 0.495 e. The Bertz CT molecular complexity index is 2160. The van der Waals surface area contributed by atoms with Gasteiger partial charge in [0.05, 0.1) is 35.4 Å². The fourth-order valence-electron chi connectivity index (χ4n) is 9.99. The average molecular weight is 729 g/mol. The number of amides is 2. The monoisotopic (exact) mass is 728 g/mol. The minimum absolute atomic E-state index is 0.0823. The Kier molecular flexibility index (Phi) is 8.54. The average Bonchev–Trinajstić information content (AvgIpc) is 3.95. The number of carbonyl (C=O) groups excluding carboxylic acids is 2. The Balaban J connectivity index is 1.04. The number of imidazole rings is 1. The number of likely N-dealkylation sites (tertiary alicyclic amines) is 1. The molecule has 5 aliphatic rings. The largest absolute Gasteiger partial charge is 0.495 e. The van der Waals surface area contributed by atoms with Crippen LogP contribution in [0.1, 0.15) is 114 Å². The first-order chi connectivity index (χ1) is 25.8. The molecule has 4 aromatic rings. The lowest BCUT2D eigenvalue weighted by Gasteiger charge is -2.32. The van der Waals surface area contributed by atoms with E-state index in [9.17, 15) is 9.59 Å². The van der Waals surface area contributed by atoms with Crippen LogP contribution >= 0.6 is 0 Å². The van der Waals surface area contributed by atoms with Crippen LogP contribution < -0.4 is 10.8 Å². The van der Waals surface area contributed by atoms with Crippen molar-refractivity contribution >= 4 is 35.6 Å². The molecule has 2 N–H and O–H groups in total. The maximum absolute atomic E-state index is 13.8. The first-order valence-electron chi connectivity index (χ1n) is 20.2. The lowest BCUT2D eigenvalue weighted by atomic mass is 9.71. The van der Waals surface area contributed by atoms with Gasteiger partial charge in [0.25, 0.3) is 0 Å². The highest BCUT2D eigenvalue weighted by atomic mass is 16.7. The van der Waals surface area contributed by atoms with Crippen LogP contribution in [-0.4, -0.2) is 64.9 Å². The highest BCUT2D eigenvalue weighted by Gasteiger charge is 2.52. The van der Waals surface area contributed by atoms with Crippen LogP contribution in [0.4, 0.5) is 4.79 Å². The van der Waals surface area contributed by atoms with Gasteiger partial charge in [0.1, 0.15) is 11.9 Å².